The first-order valence-electron chi connectivity index (χ1n) is 14.3. The molecule has 4 rings (SSSR count). The van der Waals surface area contributed by atoms with Crippen LogP contribution in [0.25, 0.3) is 11.6 Å². The van der Waals surface area contributed by atoms with E-state index in [1.165, 1.54) is 80.5 Å². The van der Waals surface area contributed by atoms with Gasteiger partial charge in [-0.15, -0.1) is 0 Å². The van der Waals surface area contributed by atoms with Crippen LogP contribution in [0.2, 0.25) is 0 Å². The van der Waals surface area contributed by atoms with Gasteiger partial charge in [-0.3, -0.25) is 19.7 Å². The number of imide groups is 1. The predicted octanol–water partition coefficient (Wildman–Crippen LogP) is 7.50. The number of carbonyl (C=O) groups excluding carboxylic acids is 3. The highest BCUT2D eigenvalue weighted by Crippen LogP contribution is 2.21. The normalized spacial score (nSPS) is 13.0. The Morgan fingerprint density at radius 2 is 1.39 bits per heavy atom. The minimum Gasteiger partial charge on any atom is -0.494 e. The van der Waals surface area contributed by atoms with Crippen LogP contribution in [-0.2, 0) is 16.0 Å². The van der Waals surface area contributed by atoms with Crippen molar-refractivity contribution < 1.29 is 23.5 Å². The topological polar surface area (TPSA) is 72.5 Å². The summed E-state index contributed by atoms with van der Waals surface area (Å²) in [5.74, 6) is -0.459. The van der Waals surface area contributed by atoms with E-state index in [1.807, 2.05) is 24.3 Å². The zero-order valence-corrected chi connectivity index (χ0v) is 23.2. The number of allylic oxidation sites excluding steroid dienone is 1. The third-order valence-electron chi connectivity index (χ3n) is 7.09. The molecular formula is C35H36FNO4. The highest BCUT2D eigenvalue weighted by Gasteiger charge is 2.21. The fourth-order valence-corrected chi connectivity index (χ4v) is 4.72. The third kappa shape index (κ3) is 9.67. The van der Waals surface area contributed by atoms with Gasteiger partial charge in [0.25, 0.3) is 11.8 Å². The quantitative estimate of drug-likeness (QED) is 0.0863. The van der Waals surface area contributed by atoms with Crippen LogP contribution in [-0.4, -0.2) is 24.2 Å². The van der Waals surface area contributed by atoms with Gasteiger partial charge in [0, 0.05) is 11.6 Å². The molecule has 0 fully saturated rings. The van der Waals surface area contributed by atoms with Gasteiger partial charge in [-0.25, -0.2) is 4.39 Å². The van der Waals surface area contributed by atoms with E-state index >= 15 is 0 Å². The van der Waals surface area contributed by atoms with E-state index in [4.69, 9.17) is 4.74 Å². The molecular weight excluding hydrogens is 517 g/mol. The second kappa shape index (κ2) is 15.5. The first kappa shape index (κ1) is 29.7. The van der Waals surface area contributed by atoms with E-state index in [1.54, 1.807) is 18.2 Å². The molecule has 0 saturated carbocycles. The Kier molecular flexibility index (Phi) is 11.2. The molecule has 1 heterocycles. The summed E-state index contributed by atoms with van der Waals surface area (Å²) in [6.45, 7) is 0.667. The molecule has 1 aliphatic rings. The number of nitrogens with one attached hydrogen (secondary N) is 1. The molecule has 0 saturated heterocycles. The van der Waals surface area contributed by atoms with E-state index < -0.39 is 0 Å². The van der Waals surface area contributed by atoms with Crippen molar-refractivity contribution in [1.82, 2.24) is 5.32 Å². The van der Waals surface area contributed by atoms with E-state index in [0.717, 1.165) is 30.6 Å². The van der Waals surface area contributed by atoms with Crippen molar-refractivity contribution in [3.8, 4) is 5.75 Å². The van der Waals surface area contributed by atoms with Crippen molar-refractivity contribution in [2.45, 2.75) is 57.8 Å². The van der Waals surface area contributed by atoms with Crippen molar-refractivity contribution in [3.63, 3.8) is 0 Å². The van der Waals surface area contributed by atoms with Gasteiger partial charge in [0.2, 0.25) is 0 Å². The minimum absolute atomic E-state index is 0.138. The SMILES string of the molecule is O=C1C=C(c2ccc(OCCCCCCCCCCc3ccc(C=CC(=O)c4ccc(F)cc4)cc3)cc2)C(=O)N1. The van der Waals surface area contributed by atoms with Gasteiger partial charge < -0.3 is 4.74 Å². The summed E-state index contributed by atoms with van der Waals surface area (Å²) >= 11 is 0. The summed E-state index contributed by atoms with van der Waals surface area (Å²) in [7, 11) is 0. The van der Waals surface area contributed by atoms with Crippen LogP contribution in [0.5, 0.6) is 5.75 Å². The monoisotopic (exact) mass is 553 g/mol. The van der Waals surface area contributed by atoms with Gasteiger partial charge in [0.1, 0.15) is 11.6 Å². The molecule has 3 aromatic rings. The third-order valence-corrected chi connectivity index (χ3v) is 7.09. The Labute approximate surface area is 241 Å². The molecule has 41 heavy (non-hydrogen) atoms. The number of ketones is 1. The van der Waals surface area contributed by atoms with E-state index in [9.17, 15) is 18.8 Å². The first-order chi connectivity index (χ1) is 20.0. The Hall–Kier alpha value is -4.32. The Morgan fingerprint density at radius 3 is 2.02 bits per heavy atom. The summed E-state index contributed by atoms with van der Waals surface area (Å²) in [5, 5.41) is 2.25. The molecule has 0 bridgehead atoms. The van der Waals surface area contributed by atoms with Crippen molar-refractivity contribution in [2.75, 3.05) is 6.61 Å². The van der Waals surface area contributed by atoms with Crippen molar-refractivity contribution in [1.29, 1.82) is 0 Å². The summed E-state index contributed by atoms with van der Waals surface area (Å²) in [4.78, 5) is 35.2. The number of benzene rings is 3. The van der Waals surface area contributed by atoms with Crippen molar-refractivity contribution in [2.24, 2.45) is 0 Å². The Balaban J connectivity index is 1.00. The van der Waals surface area contributed by atoms with Gasteiger partial charge in [-0.1, -0.05) is 81.0 Å². The molecule has 5 nitrogen and oxygen atoms in total. The number of aryl methyl sites for hydroxylation is 1. The number of ether oxygens (including phenoxy) is 1. The molecule has 0 atom stereocenters. The molecule has 0 aromatic heterocycles. The Morgan fingerprint density at radius 1 is 0.756 bits per heavy atom. The zero-order chi connectivity index (χ0) is 28.9. The number of amides is 2. The summed E-state index contributed by atoms with van der Waals surface area (Å²) in [6.07, 6.45) is 15.2. The number of hydrogen-bond donors (Lipinski definition) is 1. The summed E-state index contributed by atoms with van der Waals surface area (Å²) in [5.41, 5.74) is 3.85. The second-order valence-electron chi connectivity index (χ2n) is 10.3. The average molecular weight is 554 g/mol. The maximum Gasteiger partial charge on any atom is 0.258 e. The standard InChI is InChI=1S/C35H36FNO4/c36-30-19-15-29(16-20-30)33(38)23-14-27-12-10-26(11-13-27)9-7-5-3-1-2-4-6-8-24-41-31-21-17-28(18-22-31)32-25-34(39)37-35(32)40/h10-23,25H,1-9,24H2,(H,37,39,40). The maximum absolute atomic E-state index is 13.0. The molecule has 3 aromatic carbocycles. The molecule has 0 spiro atoms. The highest BCUT2D eigenvalue weighted by atomic mass is 19.1. The fourth-order valence-electron chi connectivity index (χ4n) is 4.72. The number of halogens is 1. The van der Waals surface area contributed by atoms with Crippen LogP contribution < -0.4 is 10.1 Å². The van der Waals surface area contributed by atoms with Crippen LogP contribution in [0.3, 0.4) is 0 Å². The molecule has 1 N–H and O–H groups in total. The van der Waals surface area contributed by atoms with Gasteiger partial charge in [0.05, 0.1) is 12.2 Å². The molecule has 6 heteroatoms. The van der Waals surface area contributed by atoms with Crippen LogP contribution in [0.15, 0.2) is 84.9 Å². The lowest BCUT2D eigenvalue weighted by molar-refractivity contribution is -0.123. The molecule has 0 aliphatic carbocycles. The van der Waals surface area contributed by atoms with E-state index in [-0.39, 0.29) is 23.4 Å². The van der Waals surface area contributed by atoms with Crippen LogP contribution in [0, 0.1) is 5.82 Å². The average Bonchev–Trinajstić information content (AvgIpc) is 3.33. The molecule has 2 amide bonds. The maximum atomic E-state index is 13.0. The zero-order valence-electron chi connectivity index (χ0n) is 23.2. The van der Waals surface area contributed by atoms with Gasteiger partial charge in [-0.05, 0) is 78.4 Å². The number of carbonyl (C=O) groups is 3. The van der Waals surface area contributed by atoms with Gasteiger partial charge >= 0.3 is 0 Å². The summed E-state index contributed by atoms with van der Waals surface area (Å²) in [6, 6.07) is 21.1. The van der Waals surface area contributed by atoms with E-state index in [2.05, 4.69) is 17.4 Å². The van der Waals surface area contributed by atoms with Gasteiger partial charge in [-0.2, -0.15) is 0 Å². The highest BCUT2D eigenvalue weighted by molar-refractivity contribution is 6.33. The second-order valence-corrected chi connectivity index (χ2v) is 10.3. The van der Waals surface area contributed by atoms with Crippen LogP contribution >= 0.6 is 0 Å². The largest absolute Gasteiger partial charge is 0.494 e. The number of unbranched alkanes of at least 4 members (excludes halogenated alkanes) is 7. The van der Waals surface area contributed by atoms with Crippen molar-refractivity contribution in [3.05, 3.63) is 113 Å². The van der Waals surface area contributed by atoms with E-state index in [0.29, 0.717) is 23.3 Å². The number of hydrogen-bond acceptors (Lipinski definition) is 4. The number of rotatable bonds is 16. The molecule has 0 unspecified atom stereocenters. The van der Waals surface area contributed by atoms with Gasteiger partial charge in [0.15, 0.2) is 5.78 Å². The Bertz CT molecular complexity index is 1370. The van der Waals surface area contributed by atoms with Crippen LogP contribution in [0.4, 0.5) is 4.39 Å². The molecule has 0 radical (unpaired) electrons. The lowest BCUT2D eigenvalue weighted by Gasteiger charge is -2.07. The molecule has 212 valence electrons. The lowest BCUT2D eigenvalue weighted by Crippen LogP contribution is -2.21. The lowest BCUT2D eigenvalue weighted by atomic mass is 10.0. The molecule has 1 aliphatic heterocycles. The van der Waals surface area contributed by atoms with Crippen molar-refractivity contribution >= 4 is 29.2 Å². The van der Waals surface area contributed by atoms with Crippen LogP contribution in [0.1, 0.15) is 78.4 Å². The minimum atomic E-state index is -0.376. The first-order valence-corrected chi connectivity index (χ1v) is 14.3. The summed E-state index contributed by atoms with van der Waals surface area (Å²) < 4.78 is 18.8. The fraction of sp³-hybridized carbons (Fsp3) is 0.286. The predicted molar refractivity (Wildman–Crippen MR) is 160 cm³/mol. The smallest absolute Gasteiger partial charge is 0.258 e.